The van der Waals surface area contributed by atoms with E-state index in [9.17, 15) is 4.79 Å². The molecule has 4 heteroatoms. The maximum Gasteiger partial charge on any atom is 0.320 e. The van der Waals surface area contributed by atoms with Crippen molar-refractivity contribution in [1.29, 1.82) is 0 Å². The molecule has 1 atom stereocenters. The molecule has 0 aliphatic rings. The van der Waals surface area contributed by atoms with Crippen molar-refractivity contribution in [3.05, 3.63) is 0 Å². The van der Waals surface area contributed by atoms with Crippen LogP contribution >= 0.6 is 0 Å². The highest BCUT2D eigenvalue weighted by Crippen LogP contribution is 2.05. The Balaban J connectivity index is 3.57. The predicted octanol–water partition coefficient (Wildman–Crippen LogP) is 0.992. The Morgan fingerprint density at radius 3 is 2.57 bits per heavy atom. The van der Waals surface area contributed by atoms with Crippen LogP contribution in [0.1, 0.15) is 39.0 Å². The maximum absolute atomic E-state index is 10.7. The number of hydrogen-bond acceptors (Lipinski definition) is 3. The van der Waals surface area contributed by atoms with E-state index in [4.69, 9.17) is 10.2 Å². The smallest absolute Gasteiger partial charge is 0.320 e. The minimum absolute atomic E-state index is 0.0151. The molecule has 0 saturated carbocycles. The molecule has 84 valence electrons. The van der Waals surface area contributed by atoms with E-state index in [1.54, 1.807) is 0 Å². The van der Waals surface area contributed by atoms with Crippen LogP contribution in [0.15, 0.2) is 0 Å². The van der Waals surface area contributed by atoms with E-state index in [0.717, 1.165) is 25.7 Å². The largest absolute Gasteiger partial charge is 0.480 e. The Labute approximate surface area is 85.3 Å². The van der Waals surface area contributed by atoms with E-state index in [1.165, 1.54) is 0 Å². The van der Waals surface area contributed by atoms with E-state index >= 15 is 0 Å². The Bertz CT molecular complexity index is 150. The summed E-state index contributed by atoms with van der Waals surface area (Å²) in [5.41, 5.74) is 0. The molecule has 0 aromatic carbocycles. The van der Waals surface area contributed by atoms with Gasteiger partial charge in [-0.2, -0.15) is 0 Å². The third-order valence-electron chi connectivity index (χ3n) is 2.15. The number of hydrogen-bond donors (Lipinski definition) is 3. The molecule has 0 bridgehead atoms. The van der Waals surface area contributed by atoms with Gasteiger partial charge in [0.1, 0.15) is 6.04 Å². The highest BCUT2D eigenvalue weighted by atomic mass is 16.4. The first-order valence-electron chi connectivity index (χ1n) is 5.29. The molecule has 0 aliphatic heterocycles. The van der Waals surface area contributed by atoms with E-state index in [0.29, 0.717) is 13.0 Å². The van der Waals surface area contributed by atoms with Crippen molar-refractivity contribution < 1.29 is 15.0 Å². The van der Waals surface area contributed by atoms with Gasteiger partial charge in [0, 0.05) is 6.54 Å². The number of carboxylic acids is 1. The van der Waals surface area contributed by atoms with Gasteiger partial charge in [0.2, 0.25) is 0 Å². The van der Waals surface area contributed by atoms with E-state index in [1.807, 2.05) is 0 Å². The Morgan fingerprint density at radius 2 is 2.07 bits per heavy atom. The predicted molar refractivity (Wildman–Crippen MR) is 55.3 cm³/mol. The van der Waals surface area contributed by atoms with Crippen LogP contribution in [-0.2, 0) is 4.79 Å². The summed E-state index contributed by atoms with van der Waals surface area (Å²) in [5, 5.41) is 20.2. The van der Waals surface area contributed by atoms with Crippen LogP contribution in [0.3, 0.4) is 0 Å². The van der Waals surface area contributed by atoms with Gasteiger partial charge in [-0.15, -0.1) is 0 Å². The molecule has 0 radical (unpaired) electrons. The van der Waals surface area contributed by atoms with Gasteiger partial charge >= 0.3 is 5.97 Å². The third kappa shape index (κ3) is 6.86. The van der Waals surface area contributed by atoms with Gasteiger partial charge in [-0.05, 0) is 6.42 Å². The lowest BCUT2D eigenvalue weighted by molar-refractivity contribution is -0.139. The van der Waals surface area contributed by atoms with Crippen LogP contribution in [0.2, 0.25) is 0 Å². The van der Waals surface area contributed by atoms with Crippen LogP contribution in [0.5, 0.6) is 0 Å². The van der Waals surface area contributed by atoms with Crippen molar-refractivity contribution >= 4 is 5.97 Å². The molecular formula is C10H21NO3. The summed E-state index contributed by atoms with van der Waals surface area (Å²) >= 11 is 0. The van der Waals surface area contributed by atoms with Gasteiger partial charge < -0.3 is 15.5 Å². The van der Waals surface area contributed by atoms with Crippen LogP contribution < -0.4 is 5.32 Å². The molecule has 0 saturated heterocycles. The highest BCUT2D eigenvalue weighted by molar-refractivity contribution is 5.73. The molecule has 0 aromatic heterocycles. The zero-order chi connectivity index (χ0) is 10.8. The summed E-state index contributed by atoms with van der Waals surface area (Å²) in [5.74, 6) is -0.824. The summed E-state index contributed by atoms with van der Waals surface area (Å²) < 4.78 is 0. The number of aliphatic carboxylic acids is 1. The first-order chi connectivity index (χ1) is 6.72. The fraction of sp³-hybridized carbons (Fsp3) is 0.900. The van der Waals surface area contributed by atoms with Crippen LogP contribution in [0.25, 0.3) is 0 Å². The summed E-state index contributed by atoms with van der Waals surface area (Å²) in [4.78, 5) is 10.7. The van der Waals surface area contributed by atoms with Gasteiger partial charge in [0.15, 0.2) is 0 Å². The Kier molecular flexibility index (Phi) is 8.57. The SMILES string of the molecule is CCCCCCC(NCCO)C(=O)O. The van der Waals surface area contributed by atoms with Gasteiger partial charge in [-0.1, -0.05) is 32.6 Å². The Morgan fingerprint density at radius 1 is 1.36 bits per heavy atom. The zero-order valence-electron chi connectivity index (χ0n) is 8.83. The van der Waals surface area contributed by atoms with Crippen molar-refractivity contribution in [3.8, 4) is 0 Å². The maximum atomic E-state index is 10.7. The monoisotopic (exact) mass is 203 g/mol. The van der Waals surface area contributed by atoms with E-state index < -0.39 is 12.0 Å². The lowest BCUT2D eigenvalue weighted by Crippen LogP contribution is -2.38. The van der Waals surface area contributed by atoms with Crippen molar-refractivity contribution in [2.24, 2.45) is 0 Å². The minimum atomic E-state index is -0.824. The molecule has 0 spiro atoms. The molecule has 0 aliphatic carbocycles. The number of nitrogens with one attached hydrogen (secondary N) is 1. The molecule has 1 unspecified atom stereocenters. The average molecular weight is 203 g/mol. The number of carboxylic acid groups (broad SMARTS) is 1. The fourth-order valence-corrected chi connectivity index (χ4v) is 1.33. The molecule has 0 rings (SSSR count). The summed E-state index contributed by atoms with van der Waals surface area (Å²) in [6.45, 7) is 2.46. The van der Waals surface area contributed by atoms with Crippen molar-refractivity contribution in [2.75, 3.05) is 13.2 Å². The molecule has 0 heterocycles. The van der Waals surface area contributed by atoms with Crippen LogP contribution in [0, 0.1) is 0 Å². The van der Waals surface area contributed by atoms with Crippen molar-refractivity contribution in [2.45, 2.75) is 45.1 Å². The number of aliphatic hydroxyl groups is 1. The molecule has 14 heavy (non-hydrogen) atoms. The number of carbonyl (C=O) groups is 1. The zero-order valence-corrected chi connectivity index (χ0v) is 8.83. The van der Waals surface area contributed by atoms with Crippen molar-refractivity contribution in [3.63, 3.8) is 0 Å². The Hall–Kier alpha value is -0.610. The lowest BCUT2D eigenvalue weighted by Gasteiger charge is -2.12. The topological polar surface area (TPSA) is 69.6 Å². The molecule has 3 N–H and O–H groups in total. The van der Waals surface area contributed by atoms with Crippen LogP contribution in [-0.4, -0.2) is 35.4 Å². The number of unbranched alkanes of at least 4 members (excludes halogenated alkanes) is 3. The van der Waals surface area contributed by atoms with Crippen LogP contribution in [0.4, 0.5) is 0 Å². The normalized spacial score (nSPS) is 12.7. The second-order valence-electron chi connectivity index (χ2n) is 3.42. The third-order valence-corrected chi connectivity index (χ3v) is 2.15. The van der Waals surface area contributed by atoms with Gasteiger partial charge in [-0.25, -0.2) is 0 Å². The fourth-order valence-electron chi connectivity index (χ4n) is 1.33. The second-order valence-corrected chi connectivity index (χ2v) is 3.42. The lowest BCUT2D eigenvalue weighted by atomic mass is 10.1. The molecule has 0 fully saturated rings. The quantitative estimate of drug-likeness (QED) is 0.489. The standard InChI is InChI=1S/C10H21NO3/c1-2-3-4-5-6-9(10(13)14)11-7-8-12/h9,11-12H,2-8H2,1H3,(H,13,14). The summed E-state index contributed by atoms with van der Waals surface area (Å²) in [6, 6.07) is -0.501. The molecule has 4 nitrogen and oxygen atoms in total. The van der Waals surface area contributed by atoms with Gasteiger partial charge in [-0.3, -0.25) is 4.79 Å². The van der Waals surface area contributed by atoms with E-state index in [2.05, 4.69) is 12.2 Å². The average Bonchev–Trinajstić information content (AvgIpc) is 2.16. The molecule has 0 aromatic rings. The number of aliphatic hydroxyl groups excluding tert-OH is 1. The van der Waals surface area contributed by atoms with Crippen molar-refractivity contribution in [1.82, 2.24) is 5.32 Å². The molecule has 0 amide bonds. The second kappa shape index (κ2) is 8.97. The summed E-state index contributed by atoms with van der Waals surface area (Å²) in [7, 11) is 0. The highest BCUT2D eigenvalue weighted by Gasteiger charge is 2.14. The number of rotatable bonds is 9. The first kappa shape index (κ1) is 13.4. The minimum Gasteiger partial charge on any atom is -0.480 e. The molecular weight excluding hydrogens is 182 g/mol. The first-order valence-corrected chi connectivity index (χ1v) is 5.29. The summed E-state index contributed by atoms with van der Waals surface area (Å²) in [6.07, 6.45) is 4.98. The van der Waals surface area contributed by atoms with E-state index in [-0.39, 0.29) is 6.61 Å². The van der Waals surface area contributed by atoms with Gasteiger partial charge in [0.05, 0.1) is 6.61 Å². The van der Waals surface area contributed by atoms with Gasteiger partial charge in [0.25, 0.3) is 0 Å².